The second-order valence-electron chi connectivity index (χ2n) is 7.14. The van der Waals surface area contributed by atoms with Crippen LogP contribution < -0.4 is 5.48 Å². The lowest BCUT2D eigenvalue weighted by Gasteiger charge is -2.30. The van der Waals surface area contributed by atoms with Crippen LogP contribution in [0.15, 0.2) is 66.7 Å². The van der Waals surface area contributed by atoms with Crippen LogP contribution in [-0.4, -0.2) is 40.8 Å². The fourth-order valence-electron chi connectivity index (χ4n) is 3.45. The molecule has 0 saturated carbocycles. The molecule has 6 nitrogen and oxygen atoms in total. The van der Waals surface area contributed by atoms with E-state index in [1.165, 1.54) is 17.6 Å². The Balaban J connectivity index is 1.54. The van der Waals surface area contributed by atoms with Crippen LogP contribution >= 0.6 is 0 Å². The van der Waals surface area contributed by atoms with Crippen molar-refractivity contribution in [2.24, 2.45) is 5.92 Å². The van der Waals surface area contributed by atoms with E-state index in [0.717, 1.165) is 16.7 Å². The monoisotopic (exact) mass is 404 g/mol. The van der Waals surface area contributed by atoms with E-state index in [-0.39, 0.29) is 17.6 Å². The molecule has 1 heterocycles. The zero-order valence-electron chi connectivity index (χ0n) is 16.5. The SMILES string of the molecule is O=C(C=Cc1cccc(C=CC(=O)N2CCC(C(=O)c3ccccc3)CC2)c1)NO. The van der Waals surface area contributed by atoms with Crippen LogP contribution in [0.4, 0.5) is 0 Å². The summed E-state index contributed by atoms with van der Waals surface area (Å²) in [7, 11) is 0. The average Bonchev–Trinajstić information content (AvgIpc) is 2.81. The van der Waals surface area contributed by atoms with E-state index >= 15 is 0 Å². The number of likely N-dealkylation sites (tertiary alicyclic amines) is 1. The standard InChI is InChI=1S/C24H24N2O4/c27-22(25-30)11-9-18-5-4-6-19(17-18)10-12-23(28)26-15-13-21(14-16-26)24(29)20-7-2-1-3-8-20/h1-12,17,21,30H,13-16H2,(H,25,27). The minimum Gasteiger partial charge on any atom is -0.339 e. The van der Waals surface area contributed by atoms with Crippen LogP contribution in [0, 0.1) is 5.92 Å². The Morgan fingerprint density at radius 2 is 1.53 bits per heavy atom. The van der Waals surface area contributed by atoms with E-state index in [4.69, 9.17) is 5.21 Å². The highest BCUT2D eigenvalue weighted by Gasteiger charge is 2.27. The predicted molar refractivity (Wildman–Crippen MR) is 115 cm³/mol. The quantitative estimate of drug-likeness (QED) is 0.335. The molecule has 0 radical (unpaired) electrons. The molecule has 0 unspecified atom stereocenters. The highest BCUT2D eigenvalue weighted by Crippen LogP contribution is 2.22. The molecule has 2 N–H and O–H groups in total. The van der Waals surface area contributed by atoms with Crippen molar-refractivity contribution in [1.82, 2.24) is 10.4 Å². The number of Topliss-reactive ketones (excluding diaryl/α,β-unsaturated/α-hetero) is 1. The van der Waals surface area contributed by atoms with E-state index in [2.05, 4.69) is 0 Å². The number of carbonyl (C=O) groups is 3. The number of rotatable bonds is 6. The van der Waals surface area contributed by atoms with Crippen molar-refractivity contribution in [3.8, 4) is 0 Å². The Labute approximate surface area is 175 Å². The fourth-order valence-corrected chi connectivity index (χ4v) is 3.45. The van der Waals surface area contributed by atoms with Crippen LogP contribution in [-0.2, 0) is 9.59 Å². The normalized spacial score (nSPS) is 14.9. The van der Waals surface area contributed by atoms with Crippen molar-refractivity contribution >= 4 is 29.7 Å². The molecule has 2 amide bonds. The van der Waals surface area contributed by atoms with Crippen molar-refractivity contribution in [3.05, 3.63) is 83.4 Å². The summed E-state index contributed by atoms with van der Waals surface area (Å²) in [4.78, 5) is 37.9. The molecule has 1 fully saturated rings. The van der Waals surface area contributed by atoms with Crippen molar-refractivity contribution in [3.63, 3.8) is 0 Å². The van der Waals surface area contributed by atoms with Crippen LogP contribution in [0.1, 0.15) is 34.3 Å². The maximum atomic E-state index is 12.6. The molecule has 0 bridgehead atoms. The second kappa shape index (κ2) is 10.3. The Morgan fingerprint density at radius 3 is 2.17 bits per heavy atom. The molecule has 1 aliphatic rings. The van der Waals surface area contributed by atoms with Gasteiger partial charge in [-0.15, -0.1) is 0 Å². The first-order valence-corrected chi connectivity index (χ1v) is 9.85. The molecule has 1 aliphatic heterocycles. The number of hydrogen-bond acceptors (Lipinski definition) is 4. The van der Waals surface area contributed by atoms with E-state index in [0.29, 0.717) is 25.9 Å². The smallest absolute Gasteiger partial charge is 0.267 e. The largest absolute Gasteiger partial charge is 0.339 e. The summed E-state index contributed by atoms with van der Waals surface area (Å²) in [6.07, 6.45) is 7.38. The molecular weight excluding hydrogens is 380 g/mol. The summed E-state index contributed by atoms with van der Waals surface area (Å²) in [6.45, 7) is 1.12. The van der Waals surface area contributed by atoms with Gasteiger partial charge < -0.3 is 4.90 Å². The molecule has 0 aliphatic carbocycles. The molecule has 1 saturated heterocycles. The van der Waals surface area contributed by atoms with Crippen LogP contribution in [0.3, 0.4) is 0 Å². The Hall–Kier alpha value is -3.51. The highest BCUT2D eigenvalue weighted by molar-refractivity contribution is 5.98. The van der Waals surface area contributed by atoms with Gasteiger partial charge in [0.05, 0.1) is 0 Å². The number of hydroxylamine groups is 1. The van der Waals surface area contributed by atoms with Gasteiger partial charge in [0.15, 0.2) is 5.78 Å². The molecule has 30 heavy (non-hydrogen) atoms. The van der Waals surface area contributed by atoms with Crippen molar-refractivity contribution < 1.29 is 19.6 Å². The third kappa shape index (κ3) is 5.75. The van der Waals surface area contributed by atoms with E-state index in [1.54, 1.807) is 17.1 Å². The zero-order chi connectivity index (χ0) is 21.3. The van der Waals surface area contributed by atoms with E-state index in [1.807, 2.05) is 54.6 Å². The lowest BCUT2D eigenvalue weighted by Crippen LogP contribution is -2.39. The molecular formula is C24H24N2O4. The van der Waals surface area contributed by atoms with Gasteiger partial charge in [0.1, 0.15) is 0 Å². The van der Waals surface area contributed by atoms with Gasteiger partial charge in [-0.25, -0.2) is 5.48 Å². The molecule has 0 atom stereocenters. The molecule has 0 aromatic heterocycles. The first-order chi connectivity index (χ1) is 14.6. The molecule has 2 aromatic rings. The second-order valence-corrected chi connectivity index (χ2v) is 7.14. The van der Waals surface area contributed by atoms with Crippen LogP contribution in [0.2, 0.25) is 0 Å². The highest BCUT2D eigenvalue weighted by atomic mass is 16.5. The Kier molecular flexibility index (Phi) is 7.29. The number of nitrogens with zero attached hydrogens (tertiary/aromatic N) is 1. The third-order valence-corrected chi connectivity index (χ3v) is 5.10. The number of benzene rings is 2. The number of piperidine rings is 1. The summed E-state index contributed by atoms with van der Waals surface area (Å²) in [6, 6.07) is 16.6. The first kappa shape index (κ1) is 21.2. The van der Waals surface area contributed by atoms with Crippen molar-refractivity contribution in [1.29, 1.82) is 0 Å². The average molecular weight is 404 g/mol. The fraction of sp³-hybridized carbons (Fsp3) is 0.208. The Morgan fingerprint density at radius 1 is 0.900 bits per heavy atom. The van der Waals surface area contributed by atoms with Gasteiger partial charge in [-0.2, -0.15) is 0 Å². The van der Waals surface area contributed by atoms with Crippen molar-refractivity contribution in [2.45, 2.75) is 12.8 Å². The number of carbonyl (C=O) groups excluding carboxylic acids is 3. The van der Waals surface area contributed by atoms with Gasteiger partial charge in [0.25, 0.3) is 5.91 Å². The minimum atomic E-state index is -0.611. The molecule has 6 heteroatoms. The summed E-state index contributed by atoms with van der Waals surface area (Å²) >= 11 is 0. The number of ketones is 1. The summed E-state index contributed by atoms with van der Waals surface area (Å²) < 4.78 is 0. The van der Waals surface area contributed by atoms with Crippen LogP contribution in [0.5, 0.6) is 0 Å². The number of hydrogen-bond donors (Lipinski definition) is 2. The molecule has 0 spiro atoms. The molecule has 154 valence electrons. The van der Waals surface area contributed by atoms with E-state index < -0.39 is 5.91 Å². The lowest BCUT2D eigenvalue weighted by molar-refractivity contribution is -0.127. The maximum Gasteiger partial charge on any atom is 0.267 e. The summed E-state index contributed by atoms with van der Waals surface area (Å²) in [5.41, 5.74) is 3.86. The first-order valence-electron chi connectivity index (χ1n) is 9.85. The number of nitrogens with one attached hydrogen (secondary N) is 1. The van der Waals surface area contributed by atoms with Gasteiger partial charge in [0, 0.05) is 36.7 Å². The molecule has 2 aromatic carbocycles. The van der Waals surface area contributed by atoms with Crippen molar-refractivity contribution in [2.75, 3.05) is 13.1 Å². The topological polar surface area (TPSA) is 86.7 Å². The lowest BCUT2D eigenvalue weighted by atomic mass is 9.89. The molecule has 3 rings (SSSR count). The summed E-state index contributed by atoms with van der Waals surface area (Å²) in [5.74, 6) is -0.584. The van der Waals surface area contributed by atoms with Crippen LogP contribution in [0.25, 0.3) is 12.2 Å². The predicted octanol–water partition coefficient (Wildman–Crippen LogP) is 3.34. The maximum absolute atomic E-state index is 12.6. The van der Waals surface area contributed by atoms with Gasteiger partial charge in [0.2, 0.25) is 5.91 Å². The zero-order valence-corrected chi connectivity index (χ0v) is 16.5. The van der Waals surface area contributed by atoms with Gasteiger partial charge in [-0.1, -0.05) is 48.5 Å². The van der Waals surface area contributed by atoms with Gasteiger partial charge in [-0.05, 0) is 42.2 Å². The van der Waals surface area contributed by atoms with E-state index in [9.17, 15) is 14.4 Å². The minimum absolute atomic E-state index is 0.0416. The van der Waals surface area contributed by atoms with Gasteiger partial charge >= 0.3 is 0 Å². The number of amides is 2. The third-order valence-electron chi connectivity index (χ3n) is 5.10. The van der Waals surface area contributed by atoms with Gasteiger partial charge in [-0.3, -0.25) is 19.6 Å². The summed E-state index contributed by atoms with van der Waals surface area (Å²) in [5, 5.41) is 8.52. The Bertz CT molecular complexity index is 958.